The lowest BCUT2D eigenvalue weighted by Gasteiger charge is -2.33. The normalized spacial score (nSPS) is 12.9. The summed E-state index contributed by atoms with van der Waals surface area (Å²) in [5.74, 6) is -1.21. The highest BCUT2D eigenvalue weighted by atomic mass is 16.4. The number of carbonyl (C=O) groups is 2. The van der Waals surface area contributed by atoms with Gasteiger partial charge in [-0.1, -0.05) is 6.92 Å². The molecule has 0 rings (SSSR count). The van der Waals surface area contributed by atoms with E-state index in [2.05, 4.69) is 5.32 Å². The summed E-state index contributed by atoms with van der Waals surface area (Å²) in [6, 6.07) is -0.267. The van der Waals surface area contributed by atoms with Crippen molar-refractivity contribution in [1.82, 2.24) is 10.2 Å². The second-order valence-electron chi connectivity index (χ2n) is 5.14. The van der Waals surface area contributed by atoms with E-state index >= 15 is 0 Å². The maximum atomic E-state index is 11.7. The lowest BCUT2D eigenvalue weighted by Crippen LogP contribution is -2.51. The van der Waals surface area contributed by atoms with Gasteiger partial charge in [0.15, 0.2) is 0 Å². The van der Waals surface area contributed by atoms with Gasteiger partial charge in [0.2, 0.25) is 0 Å². The summed E-state index contributed by atoms with van der Waals surface area (Å²) in [4.78, 5) is 23.7. The van der Waals surface area contributed by atoms with Gasteiger partial charge in [0.25, 0.3) is 0 Å². The van der Waals surface area contributed by atoms with Crippen LogP contribution in [0.3, 0.4) is 0 Å². The first-order chi connectivity index (χ1) is 8.22. The van der Waals surface area contributed by atoms with E-state index in [9.17, 15) is 9.59 Å². The highest BCUT2D eigenvalue weighted by molar-refractivity contribution is 5.74. The molecule has 6 heteroatoms. The van der Waals surface area contributed by atoms with Crippen molar-refractivity contribution in [3.05, 3.63) is 0 Å². The Kier molecular flexibility index (Phi) is 6.68. The third-order valence-electron chi connectivity index (χ3n) is 3.11. The first-order valence-corrected chi connectivity index (χ1v) is 6.07. The molecule has 18 heavy (non-hydrogen) atoms. The van der Waals surface area contributed by atoms with Crippen LogP contribution >= 0.6 is 0 Å². The molecule has 0 saturated heterocycles. The SMILES string of the molecule is CC(CCCNC(=O)N(C)C(C)(C)CO)C(=O)O. The van der Waals surface area contributed by atoms with Crippen LogP contribution < -0.4 is 5.32 Å². The number of nitrogens with one attached hydrogen (secondary N) is 1. The predicted molar refractivity (Wildman–Crippen MR) is 68.4 cm³/mol. The molecular formula is C12H24N2O4. The maximum Gasteiger partial charge on any atom is 0.317 e. The number of hydrogen-bond acceptors (Lipinski definition) is 3. The number of aliphatic hydroxyl groups excluding tert-OH is 1. The highest BCUT2D eigenvalue weighted by Crippen LogP contribution is 2.11. The summed E-state index contributed by atoms with van der Waals surface area (Å²) in [6.45, 7) is 5.48. The summed E-state index contributed by atoms with van der Waals surface area (Å²) in [6.07, 6.45) is 1.15. The minimum atomic E-state index is -0.820. The van der Waals surface area contributed by atoms with Crippen molar-refractivity contribution < 1.29 is 19.8 Å². The Labute approximate surface area is 108 Å². The fourth-order valence-corrected chi connectivity index (χ4v) is 1.23. The van der Waals surface area contributed by atoms with Crippen molar-refractivity contribution in [3.63, 3.8) is 0 Å². The van der Waals surface area contributed by atoms with Crippen LogP contribution in [-0.4, -0.2) is 52.9 Å². The van der Waals surface area contributed by atoms with Crippen LogP contribution in [0.25, 0.3) is 0 Å². The van der Waals surface area contributed by atoms with Crippen molar-refractivity contribution in [2.75, 3.05) is 20.2 Å². The van der Waals surface area contributed by atoms with Gasteiger partial charge in [-0.15, -0.1) is 0 Å². The summed E-state index contributed by atoms with van der Waals surface area (Å²) < 4.78 is 0. The van der Waals surface area contributed by atoms with E-state index in [1.165, 1.54) is 4.90 Å². The molecule has 0 heterocycles. The number of carboxylic acid groups (broad SMARTS) is 1. The largest absolute Gasteiger partial charge is 0.481 e. The summed E-state index contributed by atoms with van der Waals surface area (Å²) in [5.41, 5.74) is -0.613. The Bertz CT molecular complexity index is 292. The Balaban J connectivity index is 3.95. The molecule has 0 aromatic rings. The van der Waals surface area contributed by atoms with Gasteiger partial charge in [0.1, 0.15) is 0 Å². The van der Waals surface area contributed by atoms with E-state index in [0.717, 1.165) is 0 Å². The Morgan fingerprint density at radius 3 is 2.39 bits per heavy atom. The molecule has 0 saturated carbocycles. The number of hydrogen-bond donors (Lipinski definition) is 3. The molecule has 0 bridgehead atoms. The maximum absolute atomic E-state index is 11.7. The third kappa shape index (κ3) is 5.35. The highest BCUT2D eigenvalue weighted by Gasteiger charge is 2.26. The van der Waals surface area contributed by atoms with Crippen molar-refractivity contribution in [1.29, 1.82) is 0 Å². The Hall–Kier alpha value is -1.30. The summed E-state index contributed by atoms with van der Waals surface area (Å²) in [7, 11) is 1.62. The molecular weight excluding hydrogens is 236 g/mol. The van der Waals surface area contributed by atoms with E-state index in [0.29, 0.717) is 19.4 Å². The molecule has 0 aliphatic rings. The topological polar surface area (TPSA) is 89.9 Å². The molecule has 1 atom stereocenters. The summed E-state index contributed by atoms with van der Waals surface area (Å²) in [5, 5.41) is 20.5. The van der Waals surface area contributed by atoms with Crippen molar-refractivity contribution >= 4 is 12.0 Å². The van der Waals surface area contributed by atoms with Crippen LogP contribution in [0.4, 0.5) is 4.79 Å². The van der Waals surface area contributed by atoms with Gasteiger partial charge in [-0.05, 0) is 26.7 Å². The minimum Gasteiger partial charge on any atom is -0.481 e. The number of carbonyl (C=O) groups excluding carboxylic acids is 1. The van der Waals surface area contributed by atoms with Crippen LogP contribution in [0.15, 0.2) is 0 Å². The second-order valence-corrected chi connectivity index (χ2v) is 5.14. The lowest BCUT2D eigenvalue weighted by molar-refractivity contribution is -0.141. The first-order valence-electron chi connectivity index (χ1n) is 6.07. The van der Waals surface area contributed by atoms with Gasteiger partial charge >= 0.3 is 12.0 Å². The van der Waals surface area contributed by atoms with Gasteiger partial charge in [-0.2, -0.15) is 0 Å². The zero-order valence-electron chi connectivity index (χ0n) is 11.6. The van der Waals surface area contributed by atoms with Gasteiger partial charge in [-0.3, -0.25) is 4.79 Å². The van der Waals surface area contributed by atoms with Gasteiger partial charge in [0, 0.05) is 13.6 Å². The number of aliphatic hydroxyl groups is 1. The second kappa shape index (κ2) is 7.20. The predicted octanol–water partition coefficient (Wildman–Crippen LogP) is 0.900. The van der Waals surface area contributed by atoms with Crippen molar-refractivity contribution in [2.24, 2.45) is 5.92 Å². The van der Waals surface area contributed by atoms with E-state index in [4.69, 9.17) is 10.2 Å². The van der Waals surface area contributed by atoms with E-state index in [1.54, 1.807) is 27.8 Å². The zero-order chi connectivity index (χ0) is 14.3. The molecule has 1 unspecified atom stereocenters. The van der Waals surface area contributed by atoms with Crippen molar-refractivity contribution in [2.45, 2.75) is 39.2 Å². The molecule has 0 aliphatic carbocycles. The number of likely N-dealkylation sites (N-methyl/N-ethyl adjacent to an activating group) is 1. The first kappa shape index (κ1) is 16.7. The number of carboxylic acids is 1. The third-order valence-corrected chi connectivity index (χ3v) is 3.11. The molecule has 0 aliphatic heterocycles. The zero-order valence-corrected chi connectivity index (χ0v) is 11.6. The molecule has 0 aromatic carbocycles. The molecule has 3 N–H and O–H groups in total. The van der Waals surface area contributed by atoms with Gasteiger partial charge in [-0.25, -0.2) is 4.79 Å². The summed E-state index contributed by atoms with van der Waals surface area (Å²) >= 11 is 0. The number of amides is 2. The standard InChI is InChI=1S/C12H24N2O4/c1-9(10(16)17)6-5-7-13-11(18)14(4)12(2,3)8-15/h9,15H,5-8H2,1-4H3,(H,13,18)(H,16,17). The Morgan fingerprint density at radius 2 is 1.94 bits per heavy atom. The molecule has 0 radical (unpaired) electrons. The molecule has 0 aromatic heterocycles. The molecule has 0 fully saturated rings. The Morgan fingerprint density at radius 1 is 1.39 bits per heavy atom. The van der Waals surface area contributed by atoms with E-state index in [1.807, 2.05) is 0 Å². The molecule has 6 nitrogen and oxygen atoms in total. The van der Waals surface area contributed by atoms with Crippen molar-refractivity contribution in [3.8, 4) is 0 Å². The van der Waals surface area contributed by atoms with Gasteiger partial charge in [0.05, 0.1) is 18.1 Å². The average Bonchev–Trinajstić information content (AvgIpc) is 2.32. The van der Waals surface area contributed by atoms with E-state index < -0.39 is 17.4 Å². The number of urea groups is 1. The van der Waals surface area contributed by atoms with Crippen LogP contribution in [0.5, 0.6) is 0 Å². The smallest absolute Gasteiger partial charge is 0.317 e. The van der Waals surface area contributed by atoms with Crippen LogP contribution in [-0.2, 0) is 4.79 Å². The average molecular weight is 260 g/mol. The molecule has 2 amide bonds. The quantitative estimate of drug-likeness (QED) is 0.593. The monoisotopic (exact) mass is 260 g/mol. The van der Waals surface area contributed by atoms with Crippen LogP contribution in [0.2, 0.25) is 0 Å². The van der Waals surface area contributed by atoms with E-state index in [-0.39, 0.29) is 12.6 Å². The van der Waals surface area contributed by atoms with Gasteiger partial charge < -0.3 is 20.4 Å². The van der Waals surface area contributed by atoms with Crippen LogP contribution in [0.1, 0.15) is 33.6 Å². The number of nitrogens with zero attached hydrogens (tertiary/aromatic N) is 1. The molecule has 106 valence electrons. The fourth-order valence-electron chi connectivity index (χ4n) is 1.23. The lowest BCUT2D eigenvalue weighted by atomic mass is 10.1. The molecule has 0 spiro atoms. The number of aliphatic carboxylic acids is 1. The van der Waals surface area contributed by atoms with Crippen LogP contribution in [0, 0.1) is 5.92 Å². The fraction of sp³-hybridized carbons (Fsp3) is 0.833. The number of rotatable bonds is 7. The minimum absolute atomic E-state index is 0.118.